The van der Waals surface area contributed by atoms with Gasteiger partial charge in [-0.1, -0.05) is 29.4 Å². The van der Waals surface area contributed by atoms with E-state index in [1.54, 1.807) is 0 Å². The highest BCUT2D eigenvalue weighted by Crippen LogP contribution is 2.23. The minimum atomic E-state index is 0.0193. The molecule has 1 aliphatic rings. The summed E-state index contributed by atoms with van der Waals surface area (Å²) in [5, 5.41) is 7.09. The number of nitrogens with one attached hydrogen (secondary N) is 1. The van der Waals surface area contributed by atoms with E-state index >= 15 is 0 Å². The first kappa shape index (κ1) is 17.5. The summed E-state index contributed by atoms with van der Waals surface area (Å²) in [5.74, 6) is 1.64. The van der Waals surface area contributed by atoms with Crippen LogP contribution in [0.5, 0.6) is 0 Å². The zero-order chi connectivity index (χ0) is 17.8. The number of rotatable bonds is 4. The molecular formula is C19H26N4O2. The maximum atomic E-state index is 12.2. The summed E-state index contributed by atoms with van der Waals surface area (Å²) in [6, 6.07) is 8.19. The maximum Gasteiger partial charge on any atom is 0.317 e. The molecule has 6 nitrogen and oxygen atoms in total. The van der Waals surface area contributed by atoms with E-state index in [-0.39, 0.29) is 12.1 Å². The third-order valence-electron chi connectivity index (χ3n) is 4.54. The van der Waals surface area contributed by atoms with Crippen molar-refractivity contribution in [1.82, 2.24) is 20.4 Å². The van der Waals surface area contributed by atoms with Crippen molar-refractivity contribution in [2.24, 2.45) is 5.92 Å². The molecule has 1 aromatic heterocycles. The van der Waals surface area contributed by atoms with Crippen molar-refractivity contribution in [2.45, 2.75) is 46.1 Å². The number of nitrogens with zero attached hydrogens (tertiary/aromatic N) is 3. The molecule has 0 saturated carbocycles. The second-order valence-corrected chi connectivity index (χ2v) is 7.09. The molecule has 6 heteroatoms. The lowest BCUT2D eigenvalue weighted by Gasteiger charge is -2.32. The molecule has 2 aromatic rings. The van der Waals surface area contributed by atoms with Gasteiger partial charge >= 0.3 is 6.03 Å². The Bertz CT molecular complexity index is 726. The van der Waals surface area contributed by atoms with Gasteiger partial charge in [0, 0.05) is 31.1 Å². The van der Waals surface area contributed by atoms with Crippen LogP contribution in [0.3, 0.4) is 0 Å². The summed E-state index contributed by atoms with van der Waals surface area (Å²) in [4.78, 5) is 18.6. The number of amides is 2. The molecule has 1 aromatic carbocycles. The van der Waals surface area contributed by atoms with Crippen molar-refractivity contribution in [2.75, 3.05) is 13.1 Å². The topological polar surface area (TPSA) is 71.3 Å². The van der Waals surface area contributed by atoms with Crippen molar-refractivity contribution in [3.8, 4) is 11.4 Å². The van der Waals surface area contributed by atoms with E-state index in [1.807, 2.05) is 49.9 Å². The summed E-state index contributed by atoms with van der Waals surface area (Å²) >= 11 is 0. The fraction of sp³-hybridized carbons (Fsp3) is 0.526. The number of hydrogen-bond acceptors (Lipinski definition) is 4. The molecule has 25 heavy (non-hydrogen) atoms. The zero-order valence-corrected chi connectivity index (χ0v) is 15.2. The Morgan fingerprint density at radius 1 is 1.40 bits per heavy atom. The van der Waals surface area contributed by atoms with Gasteiger partial charge in [0.25, 0.3) is 0 Å². The number of aryl methyl sites for hydroxylation is 1. The van der Waals surface area contributed by atoms with Gasteiger partial charge in [-0.3, -0.25) is 0 Å². The molecule has 2 heterocycles. The largest absolute Gasteiger partial charge is 0.339 e. The van der Waals surface area contributed by atoms with Crippen LogP contribution >= 0.6 is 0 Å². The fourth-order valence-electron chi connectivity index (χ4n) is 3.27. The monoisotopic (exact) mass is 342 g/mol. The molecule has 134 valence electrons. The van der Waals surface area contributed by atoms with Gasteiger partial charge in [-0.25, -0.2) is 4.79 Å². The van der Waals surface area contributed by atoms with E-state index in [0.29, 0.717) is 24.1 Å². The van der Waals surface area contributed by atoms with E-state index in [9.17, 15) is 4.79 Å². The predicted molar refractivity (Wildman–Crippen MR) is 96.1 cm³/mol. The normalized spacial score (nSPS) is 17.8. The number of carbonyl (C=O) groups is 1. The first-order chi connectivity index (χ1) is 12.0. The highest BCUT2D eigenvalue weighted by Gasteiger charge is 2.25. The van der Waals surface area contributed by atoms with Crippen LogP contribution in [0.1, 0.15) is 38.1 Å². The average molecular weight is 342 g/mol. The lowest BCUT2D eigenvalue weighted by atomic mass is 9.95. The van der Waals surface area contributed by atoms with Crippen molar-refractivity contribution in [3.63, 3.8) is 0 Å². The SMILES string of the molecule is Cc1ccccc1-c1noc(CC2CCCN(C(=O)NC(C)C)C2)n1. The van der Waals surface area contributed by atoms with Crippen LogP contribution in [0.2, 0.25) is 0 Å². The van der Waals surface area contributed by atoms with E-state index < -0.39 is 0 Å². The number of piperidine rings is 1. The molecule has 0 radical (unpaired) electrons. The molecule has 1 fully saturated rings. The van der Waals surface area contributed by atoms with E-state index in [4.69, 9.17) is 4.52 Å². The summed E-state index contributed by atoms with van der Waals surface area (Å²) in [5.41, 5.74) is 2.13. The van der Waals surface area contributed by atoms with Gasteiger partial charge in [0.05, 0.1) is 0 Å². The Morgan fingerprint density at radius 3 is 2.96 bits per heavy atom. The van der Waals surface area contributed by atoms with Crippen LogP contribution in [0.15, 0.2) is 28.8 Å². The third-order valence-corrected chi connectivity index (χ3v) is 4.54. The van der Waals surface area contributed by atoms with Gasteiger partial charge in [0.15, 0.2) is 0 Å². The first-order valence-electron chi connectivity index (χ1n) is 8.97. The van der Waals surface area contributed by atoms with Crippen LogP contribution in [-0.4, -0.2) is 40.2 Å². The molecule has 2 amide bonds. The van der Waals surface area contributed by atoms with Crippen LogP contribution in [0, 0.1) is 12.8 Å². The smallest absolute Gasteiger partial charge is 0.317 e. The predicted octanol–water partition coefficient (Wildman–Crippen LogP) is 3.42. The van der Waals surface area contributed by atoms with Crippen LogP contribution in [-0.2, 0) is 6.42 Å². The van der Waals surface area contributed by atoms with E-state index in [0.717, 1.165) is 37.1 Å². The van der Waals surface area contributed by atoms with Gasteiger partial charge in [-0.2, -0.15) is 4.98 Å². The second-order valence-electron chi connectivity index (χ2n) is 7.09. The van der Waals surface area contributed by atoms with Gasteiger partial charge in [0.2, 0.25) is 11.7 Å². The Morgan fingerprint density at radius 2 is 2.20 bits per heavy atom. The van der Waals surface area contributed by atoms with Crippen LogP contribution in [0.25, 0.3) is 11.4 Å². The Labute approximate surface area is 148 Å². The van der Waals surface area contributed by atoms with E-state index in [2.05, 4.69) is 15.5 Å². The summed E-state index contributed by atoms with van der Waals surface area (Å²) in [6.07, 6.45) is 2.80. The van der Waals surface area contributed by atoms with Crippen molar-refractivity contribution < 1.29 is 9.32 Å². The highest BCUT2D eigenvalue weighted by molar-refractivity contribution is 5.74. The summed E-state index contributed by atoms with van der Waals surface area (Å²) in [7, 11) is 0. The molecule has 1 atom stereocenters. The molecule has 0 aliphatic carbocycles. The minimum Gasteiger partial charge on any atom is -0.339 e. The quantitative estimate of drug-likeness (QED) is 0.924. The van der Waals surface area contributed by atoms with Crippen LogP contribution < -0.4 is 5.32 Å². The molecule has 0 spiro atoms. The second kappa shape index (κ2) is 7.68. The zero-order valence-electron chi connectivity index (χ0n) is 15.2. The fourth-order valence-corrected chi connectivity index (χ4v) is 3.27. The molecule has 1 N–H and O–H groups in total. The number of benzene rings is 1. The lowest BCUT2D eigenvalue weighted by Crippen LogP contribution is -2.47. The van der Waals surface area contributed by atoms with Crippen molar-refractivity contribution >= 4 is 6.03 Å². The number of hydrogen-bond donors (Lipinski definition) is 1. The van der Waals surface area contributed by atoms with Gasteiger partial charge < -0.3 is 14.7 Å². The Balaban J connectivity index is 1.63. The minimum absolute atomic E-state index is 0.0193. The number of carbonyl (C=O) groups excluding carboxylic acids is 1. The lowest BCUT2D eigenvalue weighted by molar-refractivity contribution is 0.159. The molecule has 0 bridgehead atoms. The summed E-state index contributed by atoms with van der Waals surface area (Å²) in [6.45, 7) is 7.54. The van der Waals surface area contributed by atoms with Gasteiger partial charge in [0.1, 0.15) is 0 Å². The molecule has 1 unspecified atom stereocenters. The highest BCUT2D eigenvalue weighted by atomic mass is 16.5. The Kier molecular flexibility index (Phi) is 5.36. The maximum absolute atomic E-state index is 12.2. The average Bonchev–Trinajstić information content (AvgIpc) is 3.03. The number of aromatic nitrogens is 2. The Hall–Kier alpha value is -2.37. The van der Waals surface area contributed by atoms with E-state index in [1.165, 1.54) is 0 Å². The number of likely N-dealkylation sites (tertiary alicyclic amines) is 1. The van der Waals surface area contributed by atoms with Crippen molar-refractivity contribution in [1.29, 1.82) is 0 Å². The third kappa shape index (κ3) is 4.38. The first-order valence-corrected chi connectivity index (χ1v) is 8.97. The van der Waals surface area contributed by atoms with Crippen LogP contribution in [0.4, 0.5) is 4.79 Å². The van der Waals surface area contributed by atoms with Crippen molar-refractivity contribution in [3.05, 3.63) is 35.7 Å². The molecule has 1 aliphatic heterocycles. The van der Waals surface area contributed by atoms with Gasteiger partial charge in [-0.15, -0.1) is 0 Å². The number of urea groups is 1. The van der Waals surface area contributed by atoms with Gasteiger partial charge in [-0.05, 0) is 45.1 Å². The summed E-state index contributed by atoms with van der Waals surface area (Å²) < 4.78 is 5.46. The molecule has 1 saturated heterocycles. The standard InChI is InChI=1S/C19H26N4O2/c1-13(2)20-19(24)23-10-6-8-15(12-23)11-17-21-18(22-25-17)16-9-5-4-7-14(16)3/h4-5,7,9,13,15H,6,8,10-12H2,1-3H3,(H,20,24). The molecule has 3 rings (SSSR count). The molecular weight excluding hydrogens is 316 g/mol.